The summed E-state index contributed by atoms with van der Waals surface area (Å²) < 4.78 is 5.48. The molecule has 0 aromatic heterocycles. The van der Waals surface area contributed by atoms with Crippen molar-refractivity contribution in [2.24, 2.45) is 5.92 Å². The fourth-order valence-corrected chi connectivity index (χ4v) is 1.18. The van der Waals surface area contributed by atoms with Crippen molar-refractivity contribution in [3.8, 4) is 0 Å². The summed E-state index contributed by atoms with van der Waals surface area (Å²) in [6, 6.07) is 10.0. The van der Waals surface area contributed by atoms with E-state index in [0.29, 0.717) is 25.6 Å². The largest absolute Gasteiger partial charge is 0.376 e. The fraction of sp³-hybridized carbons (Fsp3) is 0.417. The molecular formula is C12H16O2. The average molecular weight is 192 g/mol. The highest BCUT2D eigenvalue weighted by molar-refractivity contribution is 5.49. The first kappa shape index (κ1) is 10.9. The lowest BCUT2D eigenvalue weighted by atomic mass is 10.1. The maximum absolute atomic E-state index is 10.2. The summed E-state index contributed by atoms with van der Waals surface area (Å²) in [5.41, 5.74) is 1.17. The molecule has 0 bridgehead atoms. The van der Waals surface area contributed by atoms with Gasteiger partial charge in [0.2, 0.25) is 0 Å². The van der Waals surface area contributed by atoms with Crippen molar-refractivity contribution < 1.29 is 9.53 Å². The Morgan fingerprint density at radius 3 is 2.71 bits per heavy atom. The Kier molecular flexibility index (Phi) is 4.94. The first-order chi connectivity index (χ1) is 6.83. The lowest BCUT2D eigenvalue weighted by Gasteiger charge is -2.08. The van der Waals surface area contributed by atoms with Crippen LogP contribution < -0.4 is 0 Å². The van der Waals surface area contributed by atoms with E-state index in [9.17, 15) is 4.79 Å². The van der Waals surface area contributed by atoms with Gasteiger partial charge in [-0.25, -0.2) is 0 Å². The summed E-state index contributed by atoms with van der Waals surface area (Å²) in [4.78, 5) is 10.2. The van der Waals surface area contributed by atoms with Crippen molar-refractivity contribution in [3.63, 3.8) is 0 Å². The van der Waals surface area contributed by atoms with Crippen molar-refractivity contribution in [1.82, 2.24) is 0 Å². The van der Waals surface area contributed by atoms with Crippen LogP contribution in [0.3, 0.4) is 0 Å². The van der Waals surface area contributed by atoms with E-state index >= 15 is 0 Å². The Labute approximate surface area is 84.9 Å². The van der Waals surface area contributed by atoms with Crippen LogP contribution in [0.5, 0.6) is 0 Å². The molecule has 1 unspecified atom stereocenters. The van der Waals surface area contributed by atoms with Gasteiger partial charge in [-0.1, -0.05) is 37.3 Å². The third-order valence-corrected chi connectivity index (χ3v) is 2.01. The quantitative estimate of drug-likeness (QED) is 0.647. The molecule has 0 saturated carbocycles. The van der Waals surface area contributed by atoms with Crippen LogP contribution in [0.2, 0.25) is 0 Å². The molecular weight excluding hydrogens is 176 g/mol. The number of ether oxygens (including phenoxy) is 1. The summed E-state index contributed by atoms with van der Waals surface area (Å²) in [7, 11) is 0. The molecule has 14 heavy (non-hydrogen) atoms. The Balaban J connectivity index is 2.18. The van der Waals surface area contributed by atoms with Crippen molar-refractivity contribution in [3.05, 3.63) is 35.9 Å². The predicted octanol–water partition coefficient (Wildman–Crippen LogP) is 2.43. The highest BCUT2D eigenvalue weighted by Crippen LogP contribution is 2.04. The maximum Gasteiger partial charge on any atom is 0.120 e. The molecule has 0 saturated heterocycles. The molecule has 0 heterocycles. The first-order valence-corrected chi connectivity index (χ1v) is 4.88. The minimum Gasteiger partial charge on any atom is -0.376 e. The number of benzene rings is 1. The van der Waals surface area contributed by atoms with Crippen molar-refractivity contribution in [2.45, 2.75) is 20.0 Å². The van der Waals surface area contributed by atoms with Gasteiger partial charge in [0.15, 0.2) is 0 Å². The lowest BCUT2D eigenvalue weighted by molar-refractivity contribution is -0.109. The number of carbonyl (C=O) groups is 1. The van der Waals surface area contributed by atoms with Crippen LogP contribution in [-0.2, 0) is 16.1 Å². The number of hydrogen-bond donors (Lipinski definition) is 0. The van der Waals surface area contributed by atoms with Gasteiger partial charge in [0, 0.05) is 13.0 Å². The summed E-state index contributed by atoms with van der Waals surface area (Å²) in [5, 5.41) is 0. The molecule has 0 aliphatic heterocycles. The molecule has 0 aliphatic carbocycles. The zero-order chi connectivity index (χ0) is 10.2. The van der Waals surface area contributed by atoms with E-state index in [4.69, 9.17) is 4.74 Å². The van der Waals surface area contributed by atoms with Crippen molar-refractivity contribution in [1.29, 1.82) is 0 Å². The molecule has 2 nitrogen and oxygen atoms in total. The van der Waals surface area contributed by atoms with Crippen LogP contribution in [0, 0.1) is 5.92 Å². The molecule has 76 valence electrons. The van der Waals surface area contributed by atoms with Crippen LogP contribution >= 0.6 is 0 Å². The van der Waals surface area contributed by atoms with E-state index in [1.807, 2.05) is 37.3 Å². The van der Waals surface area contributed by atoms with Crippen LogP contribution in [0.1, 0.15) is 18.9 Å². The van der Waals surface area contributed by atoms with Gasteiger partial charge in [-0.2, -0.15) is 0 Å². The number of aldehydes is 1. The highest BCUT2D eigenvalue weighted by Gasteiger charge is 2.00. The summed E-state index contributed by atoms with van der Waals surface area (Å²) in [6.07, 6.45) is 1.52. The second-order valence-electron chi connectivity index (χ2n) is 3.51. The zero-order valence-electron chi connectivity index (χ0n) is 8.48. The van der Waals surface area contributed by atoms with Crippen LogP contribution in [0.15, 0.2) is 30.3 Å². The van der Waals surface area contributed by atoms with Gasteiger partial charge in [-0.3, -0.25) is 0 Å². The normalized spacial score (nSPS) is 12.4. The van der Waals surface area contributed by atoms with Crippen molar-refractivity contribution in [2.75, 3.05) is 6.61 Å². The number of rotatable bonds is 6. The van der Waals surface area contributed by atoms with Gasteiger partial charge in [0.25, 0.3) is 0 Å². The van der Waals surface area contributed by atoms with E-state index in [1.165, 1.54) is 5.56 Å². The van der Waals surface area contributed by atoms with E-state index in [-0.39, 0.29) is 0 Å². The molecule has 0 spiro atoms. The topological polar surface area (TPSA) is 26.3 Å². The lowest BCUT2D eigenvalue weighted by Crippen LogP contribution is -2.06. The molecule has 0 N–H and O–H groups in total. The van der Waals surface area contributed by atoms with E-state index in [0.717, 1.165) is 6.29 Å². The zero-order valence-corrected chi connectivity index (χ0v) is 8.48. The van der Waals surface area contributed by atoms with Crippen LogP contribution in [-0.4, -0.2) is 12.9 Å². The van der Waals surface area contributed by atoms with E-state index in [2.05, 4.69) is 0 Å². The standard InChI is InChI=1S/C12H16O2/c1-11(7-8-13)9-14-10-12-5-3-2-4-6-12/h2-6,8,11H,7,9-10H2,1H3. The third kappa shape index (κ3) is 4.19. The second-order valence-corrected chi connectivity index (χ2v) is 3.51. The summed E-state index contributed by atoms with van der Waals surface area (Å²) in [5.74, 6) is 0.316. The molecule has 0 aliphatic rings. The highest BCUT2D eigenvalue weighted by atomic mass is 16.5. The SMILES string of the molecule is CC(CC=O)COCc1ccccc1. The van der Waals surface area contributed by atoms with Crippen LogP contribution in [0.25, 0.3) is 0 Å². The number of carbonyl (C=O) groups excluding carboxylic acids is 1. The van der Waals surface area contributed by atoms with E-state index < -0.39 is 0 Å². The fourth-order valence-electron chi connectivity index (χ4n) is 1.18. The second kappa shape index (κ2) is 6.33. The summed E-state index contributed by atoms with van der Waals surface area (Å²) in [6.45, 7) is 3.29. The van der Waals surface area contributed by atoms with Gasteiger partial charge >= 0.3 is 0 Å². The van der Waals surface area contributed by atoms with Gasteiger partial charge < -0.3 is 9.53 Å². The Morgan fingerprint density at radius 2 is 2.07 bits per heavy atom. The molecule has 1 rings (SSSR count). The van der Waals surface area contributed by atoms with Gasteiger partial charge in [-0.05, 0) is 11.5 Å². The van der Waals surface area contributed by atoms with Gasteiger partial charge in [0.1, 0.15) is 6.29 Å². The molecule has 1 atom stereocenters. The average Bonchev–Trinajstić information content (AvgIpc) is 2.20. The Hall–Kier alpha value is -1.15. The minimum atomic E-state index is 0.316. The maximum atomic E-state index is 10.2. The molecule has 2 heteroatoms. The third-order valence-electron chi connectivity index (χ3n) is 2.01. The van der Waals surface area contributed by atoms with E-state index in [1.54, 1.807) is 0 Å². The summed E-state index contributed by atoms with van der Waals surface area (Å²) >= 11 is 0. The van der Waals surface area contributed by atoms with Crippen molar-refractivity contribution >= 4 is 6.29 Å². The van der Waals surface area contributed by atoms with Gasteiger partial charge in [0.05, 0.1) is 6.61 Å². The smallest absolute Gasteiger partial charge is 0.120 e. The van der Waals surface area contributed by atoms with Crippen LogP contribution in [0.4, 0.5) is 0 Å². The molecule has 1 aromatic carbocycles. The molecule has 0 amide bonds. The number of hydrogen-bond acceptors (Lipinski definition) is 2. The minimum absolute atomic E-state index is 0.316. The Bertz CT molecular complexity index is 256. The molecule has 1 aromatic rings. The first-order valence-electron chi connectivity index (χ1n) is 4.88. The molecule has 0 fully saturated rings. The molecule has 0 radical (unpaired) electrons. The predicted molar refractivity (Wildman–Crippen MR) is 55.9 cm³/mol. The monoisotopic (exact) mass is 192 g/mol. The Morgan fingerprint density at radius 1 is 1.36 bits per heavy atom. The van der Waals surface area contributed by atoms with Gasteiger partial charge in [-0.15, -0.1) is 0 Å².